The number of carbonyl (C=O) groups is 1. The minimum Gasteiger partial charge on any atom is -0.328 e. The van der Waals surface area contributed by atoms with Crippen LogP contribution in [-0.4, -0.2) is 26.7 Å². The average Bonchev–Trinajstić information content (AvgIpc) is 2.65. The molecule has 0 spiro atoms. The lowest BCUT2D eigenvalue weighted by molar-refractivity contribution is 0.102. The first-order valence-corrected chi connectivity index (χ1v) is 10.4. The monoisotopic (exact) mass is 385 g/mol. The summed E-state index contributed by atoms with van der Waals surface area (Å²) in [7, 11) is -3.82. The number of nitrogens with zero attached hydrogens (tertiary/aromatic N) is 2. The Morgan fingerprint density at radius 1 is 1.15 bits per heavy atom. The number of fused-ring (bicyclic) bond motifs is 1. The minimum absolute atomic E-state index is 0.0676. The van der Waals surface area contributed by atoms with Gasteiger partial charge in [-0.05, 0) is 49.6 Å². The predicted octanol–water partition coefficient (Wildman–Crippen LogP) is 3.84. The Morgan fingerprint density at radius 3 is 2.59 bits per heavy atom. The van der Waals surface area contributed by atoms with Gasteiger partial charge in [-0.15, -0.1) is 4.40 Å². The maximum Gasteiger partial charge on any atom is 0.286 e. The molecule has 1 aliphatic heterocycles. The third kappa shape index (κ3) is 3.73. The highest BCUT2D eigenvalue weighted by Gasteiger charge is 2.29. The standard InChI is InChI=1S/C20H23N3O3S/c1-4-12-23-14(3)22-27(25,26)19-13-16(10-11-18(19)23)20(24)21-17-9-7-6-8-15(17)5-2/h6-11,13H,4-5,12H2,1-3H3,(H,21,24). The van der Waals surface area contributed by atoms with Crippen LogP contribution in [0.1, 0.15) is 43.1 Å². The van der Waals surface area contributed by atoms with Crippen molar-refractivity contribution in [1.82, 2.24) is 0 Å². The molecular weight excluding hydrogens is 362 g/mol. The second-order valence-electron chi connectivity index (χ2n) is 6.41. The van der Waals surface area contributed by atoms with Crippen LogP contribution in [0.5, 0.6) is 0 Å². The quantitative estimate of drug-likeness (QED) is 0.848. The largest absolute Gasteiger partial charge is 0.328 e. The van der Waals surface area contributed by atoms with E-state index in [0.29, 0.717) is 18.1 Å². The average molecular weight is 385 g/mol. The van der Waals surface area contributed by atoms with Gasteiger partial charge < -0.3 is 10.2 Å². The van der Waals surface area contributed by atoms with Crippen LogP contribution in [0.4, 0.5) is 11.4 Å². The number of benzene rings is 2. The Labute approximate surface area is 160 Å². The summed E-state index contributed by atoms with van der Waals surface area (Å²) in [6, 6.07) is 12.3. The number of para-hydroxylation sites is 1. The number of sulfonamides is 1. The zero-order valence-corrected chi connectivity index (χ0v) is 16.5. The fourth-order valence-electron chi connectivity index (χ4n) is 3.18. The van der Waals surface area contributed by atoms with Gasteiger partial charge in [0.2, 0.25) is 0 Å². The van der Waals surface area contributed by atoms with Crippen molar-refractivity contribution in [2.24, 2.45) is 4.40 Å². The van der Waals surface area contributed by atoms with Crippen LogP contribution in [0.25, 0.3) is 0 Å². The Morgan fingerprint density at radius 2 is 1.89 bits per heavy atom. The molecule has 27 heavy (non-hydrogen) atoms. The highest BCUT2D eigenvalue weighted by molar-refractivity contribution is 7.90. The number of carbonyl (C=O) groups excluding carboxylic acids is 1. The van der Waals surface area contributed by atoms with Crippen LogP contribution in [0.15, 0.2) is 51.8 Å². The molecule has 0 saturated heterocycles. The van der Waals surface area contributed by atoms with Crippen molar-refractivity contribution in [2.45, 2.75) is 38.5 Å². The molecule has 0 bridgehead atoms. The van der Waals surface area contributed by atoms with Crippen molar-refractivity contribution in [3.05, 3.63) is 53.6 Å². The van der Waals surface area contributed by atoms with Gasteiger partial charge in [0.1, 0.15) is 10.7 Å². The van der Waals surface area contributed by atoms with Crippen LogP contribution in [0.3, 0.4) is 0 Å². The van der Waals surface area contributed by atoms with Gasteiger partial charge in [-0.3, -0.25) is 4.79 Å². The molecule has 0 unspecified atom stereocenters. The molecule has 2 aromatic carbocycles. The van der Waals surface area contributed by atoms with Gasteiger partial charge in [0.15, 0.2) is 0 Å². The van der Waals surface area contributed by atoms with Crippen molar-refractivity contribution in [3.8, 4) is 0 Å². The first-order valence-electron chi connectivity index (χ1n) is 8.99. The Balaban J connectivity index is 1.98. The summed E-state index contributed by atoms with van der Waals surface area (Å²) in [6.07, 6.45) is 1.64. The molecule has 0 saturated carbocycles. The molecule has 2 aromatic rings. The van der Waals surface area contributed by atoms with Crippen molar-refractivity contribution in [2.75, 3.05) is 16.8 Å². The lowest BCUT2D eigenvalue weighted by Gasteiger charge is -2.29. The van der Waals surface area contributed by atoms with E-state index >= 15 is 0 Å². The molecule has 6 nitrogen and oxygen atoms in total. The number of amides is 1. The van der Waals surface area contributed by atoms with Crippen LogP contribution in [-0.2, 0) is 16.4 Å². The summed E-state index contributed by atoms with van der Waals surface area (Å²) in [5.41, 5.74) is 2.60. The van der Waals surface area contributed by atoms with Gasteiger partial charge in [-0.25, -0.2) is 0 Å². The topological polar surface area (TPSA) is 78.8 Å². The third-order valence-electron chi connectivity index (χ3n) is 4.53. The van der Waals surface area contributed by atoms with E-state index in [-0.39, 0.29) is 16.4 Å². The van der Waals surface area contributed by atoms with E-state index in [4.69, 9.17) is 0 Å². The first kappa shape index (κ1) is 19.1. The summed E-state index contributed by atoms with van der Waals surface area (Å²) in [5, 5.41) is 2.87. The van der Waals surface area contributed by atoms with E-state index in [2.05, 4.69) is 9.71 Å². The van der Waals surface area contributed by atoms with E-state index < -0.39 is 10.0 Å². The normalized spacial score (nSPS) is 15.1. The Hall–Kier alpha value is -2.67. The number of nitrogens with one attached hydrogen (secondary N) is 1. The van der Waals surface area contributed by atoms with Gasteiger partial charge in [-0.1, -0.05) is 32.0 Å². The molecule has 0 radical (unpaired) electrons. The number of aryl methyl sites for hydroxylation is 1. The first-order chi connectivity index (χ1) is 12.9. The zero-order chi connectivity index (χ0) is 19.6. The summed E-state index contributed by atoms with van der Waals surface area (Å²) in [5.74, 6) is 0.0978. The summed E-state index contributed by atoms with van der Waals surface area (Å²) in [6.45, 7) is 6.37. The molecule has 0 fully saturated rings. The summed E-state index contributed by atoms with van der Waals surface area (Å²) in [4.78, 5) is 14.6. The van der Waals surface area contributed by atoms with Crippen LogP contribution < -0.4 is 10.2 Å². The van der Waals surface area contributed by atoms with Gasteiger partial charge >= 0.3 is 0 Å². The highest BCUT2D eigenvalue weighted by Crippen LogP contribution is 2.33. The van der Waals surface area contributed by atoms with Crippen LogP contribution in [0.2, 0.25) is 0 Å². The van der Waals surface area contributed by atoms with Crippen molar-refractivity contribution >= 4 is 33.1 Å². The molecule has 1 N–H and O–H groups in total. The Kier molecular flexibility index (Phi) is 5.32. The van der Waals surface area contributed by atoms with E-state index in [0.717, 1.165) is 24.1 Å². The highest BCUT2D eigenvalue weighted by atomic mass is 32.2. The maximum absolute atomic E-state index is 12.7. The lowest BCUT2D eigenvalue weighted by atomic mass is 10.1. The van der Waals surface area contributed by atoms with E-state index in [1.165, 1.54) is 6.07 Å². The van der Waals surface area contributed by atoms with Crippen LogP contribution >= 0.6 is 0 Å². The third-order valence-corrected chi connectivity index (χ3v) is 5.91. The van der Waals surface area contributed by atoms with Gasteiger partial charge in [0.05, 0.1) is 5.69 Å². The smallest absolute Gasteiger partial charge is 0.286 e. The number of amidine groups is 1. The molecule has 0 atom stereocenters. The molecule has 142 valence electrons. The van der Waals surface area contributed by atoms with Gasteiger partial charge in [0.25, 0.3) is 15.9 Å². The number of anilines is 2. The van der Waals surface area contributed by atoms with Crippen molar-refractivity contribution in [1.29, 1.82) is 0 Å². The number of hydrogen-bond donors (Lipinski definition) is 1. The molecule has 0 aromatic heterocycles. The number of hydrogen-bond acceptors (Lipinski definition) is 4. The van der Waals surface area contributed by atoms with Gasteiger partial charge in [0, 0.05) is 17.8 Å². The summed E-state index contributed by atoms with van der Waals surface area (Å²) < 4.78 is 28.9. The summed E-state index contributed by atoms with van der Waals surface area (Å²) >= 11 is 0. The van der Waals surface area contributed by atoms with Crippen molar-refractivity contribution in [3.63, 3.8) is 0 Å². The van der Waals surface area contributed by atoms with E-state index in [1.54, 1.807) is 19.1 Å². The minimum atomic E-state index is -3.82. The Bertz CT molecular complexity index is 1010. The second-order valence-corrected chi connectivity index (χ2v) is 7.99. The predicted molar refractivity (Wildman–Crippen MR) is 108 cm³/mol. The fourth-order valence-corrected chi connectivity index (χ4v) is 4.45. The molecule has 7 heteroatoms. The lowest BCUT2D eigenvalue weighted by Crippen LogP contribution is -2.34. The molecule has 1 heterocycles. The van der Waals surface area contributed by atoms with E-state index in [1.807, 2.05) is 43.0 Å². The SMILES string of the molecule is CCCN1C(C)=NS(=O)(=O)c2cc(C(=O)Nc3ccccc3CC)ccc21. The second kappa shape index (κ2) is 7.52. The fraction of sp³-hybridized carbons (Fsp3) is 0.300. The van der Waals surface area contributed by atoms with Crippen LogP contribution in [0, 0.1) is 0 Å². The molecular formula is C20H23N3O3S. The van der Waals surface area contributed by atoms with Crippen molar-refractivity contribution < 1.29 is 13.2 Å². The molecule has 1 aliphatic rings. The zero-order valence-electron chi connectivity index (χ0n) is 15.7. The molecule has 1 amide bonds. The number of rotatable bonds is 5. The van der Waals surface area contributed by atoms with Gasteiger partial charge in [-0.2, -0.15) is 8.42 Å². The van der Waals surface area contributed by atoms with E-state index in [9.17, 15) is 13.2 Å². The molecule has 3 rings (SSSR count). The molecule has 0 aliphatic carbocycles. The maximum atomic E-state index is 12.7.